The molecule has 0 radical (unpaired) electrons. The molecule has 1 aliphatic carbocycles. The van der Waals surface area contributed by atoms with Gasteiger partial charge in [0, 0.05) is 37.5 Å². The first-order valence-corrected chi connectivity index (χ1v) is 10.3. The number of carboxylic acids is 1. The highest BCUT2D eigenvalue weighted by Crippen LogP contribution is 2.44. The minimum atomic E-state index is -0.847. The summed E-state index contributed by atoms with van der Waals surface area (Å²) >= 11 is 0. The number of carboxylic acid groups (broad SMARTS) is 1. The van der Waals surface area contributed by atoms with Crippen molar-refractivity contribution >= 4 is 18.0 Å². The Bertz CT molecular complexity index is 981. The largest absolute Gasteiger partial charge is 0.481 e. The number of ether oxygens (including phenoxy) is 1. The molecule has 0 unspecified atom stereocenters. The van der Waals surface area contributed by atoms with E-state index in [9.17, 15) is 14.4 Å². The predicted molar refractivity (Wildman–Crippen MR) is 115 cm³/mol. The van der Waals surface area contributed by atoms with Crippen molar-refractivity contribution in [3.8, 4) is 11.1 Å². The number of hydrogen-bond donors (Lipinski definition) is 2. The monoisotopic (exact) mass is 420 g/mol. The van der Waals surface area contributed by atoms with Crippen molar-refractivity contribution < 1.29 is 24.2 Å². The van der Waals surface area contributed by atoms with Crippen LogP contribution in [0.4, 0.5) is 4.79 Å². The Labute approximate surface area is 180 Å². The van der Waals surface area contributed by atoms with E-state index >= 15 is 0 Å². The van der Waals surface area contributed by atoms with E-state index in [1.165, 1.54) is 17.2 Å². The van der Waals surface area contributed by atoms with E-state index in [2.05, 4.69) is 29.6 Å². The summed E-state index contributed by atoms with van der Waals surface area (Å²) in [6.45, 7) is 1.32. The maximum atomic E-state index is 12.1. The molecule has 4 rings (SSSR count). The summed E-state index contributed by atoms with van der Waals surface area (Å²) in [4.78, 5) is 36.3. The first kappa shape index (κ1) is 20.7. The van der Waals surface area contributed by atoms with Gasteiger partial charge in [-0.15, -0.1) is 0 Å². The number of likely N-dealkylation sites (tertiary alicyclic amines) is 1. The number of rotatable bonds is 7. The molecular weight excluding hydrogens is 396 g/mol. The molecule has 1 saturated heterocycles. The van der Waals surface area contributed by atoms with Gasteiger partial charge in [-0.3, -0.25) is 9.59 Å². The summed E-state index contributed by atoms with van der Waals surface area (Å²) in [5.74, 6) is -1.01. The van der Waals surface area contributed by atoms with Gasteiger partial charge in [-0.1, -0.05) is 54.6 Å². The normalized spacial score (nSPS) is 15.3. The molecule has 31 heavy (non-hydrogen) atoms. The topological polar surface area (TPSA) is 95.9 Å². The minimum Gasteiger partial charge on any atom is -0.481 e. The van der Waals surface area contributed by atoms with Crippen LogP contribution in [0, 0.1) is 5.92 Å². The first-order chi connectivity index (χ1) is 15.0. The van der Waals surface area contributed by atoms with Crippen molar-refractivity contribution in [3.63, 3.8) is 0 Å². The van der Waals surface area contributed by atoms with Crippen molar-refractivity contribution in [2.24, 2.45) is 5.92 Å². The second-order valence-electron chi connectivity index (χ2n) is 7.82. The lowest BCUT2D eigenvalue weighted by Crippen LogP contribution is -2.50. The van der Waals surface area contributed by atoms with Crippen LogP contribution >= 0.6 is 0 Å². The Morgan fingerprint density at radius 1 is 1.03 bits per heavy atom. The van der Waals surface area contributed by atoms with Gasteiger partial charge in [-0.25, -0.2) is 4.79 Å². The lowest BCUT2D eigenvalue weighted by Gasteiger charge is -2.37. The van der Waals surface area contributed by atoms with Crippen LogP contribution in [0.25, 0.3) is 11.1 Å². The van der Waals surface area contributed by atoms with E-state index in [0.717, 1.165) is 11.1 Å². The molecule has 1 fully saturated rings. The van der Waals surface area contributed by atoms with E-state index in [4.69, 9.17) is 9.84 Å². The number of aliphatic carboxylic acids is 1. The smallest absolute Gasteiger partial charge is 0.407 e. The SMILES string of the molecule is O=C(O)CC1CN(C(=O)/C=C/CNC(=O)OCC2c3ccccc3-c3ccccc32)C1. The minimum absolute atomic E-state index is 0.000402. The van der Waals surface area contributed by atoms with Crippen LogP contribution in [0.3, 0.4) is 0 Å². The molecule has 0 atom stereocenters. The molecule has 1 aliphatic heterocycles. The van der Waals surface area contributed by atoms with E-state index in [1.54, 1.807) is 11.0 Å². The lowest BCUT2D eigenvalue weighted by molar-refractivity contribution is -0.143. The van der Waals surface area contributed by atoms with E-state index in [-0.39, 0.29) is 37.3 Å². The molecule has 2 amide bonds. The maximum Gasteiger partial charge on any atom is 0.407 e. The molecule has 0 aromatic heterocycles. The average Bonchev–Trinajstić information content (AvgIpc) is 3.05. The molecule has 7 heteroatoms. The van der Waals surface area contributed by atoms with Crippen molar-refractivity contribution in [2.45, 2.75) is 12.3 Å². The van der Waals surface area contributed by atoms with Gasteiger partial charge in [0.15, 0.2) is 0 Å². The highest BCUT2D eigenvalue weighted by atomic mass is 16.5. The quantitative estimate of drug-likeness (QED) is 0.672. The van der Waals surface area contributed by atoms with Gasteiger partial charge in [0.2, 0.25) is 5.91 Å². The zero-order valence-corrected chi connectivity index (χ0v) is 17.0. The number of carbonyl (C=O) groups is 3. The van der Waals surface area contributed by atoms with Crippen LogP contribution in [-0.4, -0.2) is 54.2 Å². The summed E-state index contributed by atoms with van der Waals surface area (Å²) in [7, 11) is 0. The zero-order valence-electron chi connectivity index (χ0n) is 17.0. The number of nitrogens with one attached hydrogen (secondary N) is 1. The molecular formula is C24H24N2O5. The molecule has 2 aliphatic rings. The van der Waals surface area contributed by atoms with E-state index in [1.807, 2.05) is 24.3 Å². The van der Waals surface area contributed by atoms with E-state index in [0.29, 0.717) is 13.1 Å². The third-order valence-electron chi connectivity index (χ3n) is 5.70. The Hall–Kier alpha value is -3.61. The highest BCUT2D eigenvalue weighted by Gasteiger charge is 2.31. The highest BCUT2D eigenvalue weighted by molar-refractivity contribution is 5.88. The predicted octanol–water partition coefficient (Wildman–Crippen LogP) is 3.01. The number of benzene rings is 2. The van der Waals surface area contributed by atoms with Gasteiger partial charge in [0.25, 0.3) is 0 Å². The Balaban J connectivity index is 1.22. The summed E-state index contributed by atoms with van der Waals surface area (Å²) in [5, 5.41) is 11.4. The second kappa shape index (κ2) is 9.04. The summed E-state index contributed by atoms with van der Waals surface area (Å²) in [6, 6.07) is 16.3. The van der Waals surface area contributed by atoms with Crippen LogP contribution in [0.5, 0.6) is 0 Å². The number of fused-ring (bicyclic) bond motifs is 3. The Kier molecular flexibility index (Phi) is 6.02. The van der Waals surface area contributed by atoms with Gasteiger partial charge in [0.1, 0.15) is 6.61 Å². The Morgan fingerprint density at radius 2 is 1.65 bits per heavy atom. The van der Waals surface area contributed by atoms with Gasteiger partial charge in [-0.05, 0) is 22.3 Å². The molecule has 0 saturated carbocycles. The molecule has 1 heterocycles. The molecule has 2 aromatic carbocycles. The van der Waals surface area contributed by atoms with Crippen LogP contribution in [0.2, 0.25) is 0 Å². The number of nitrogens with zero attached hydrogens (tertiary/aromatic N) is 1. The fraction of sp³-hybridized carbons (Fsp3) is 0.292. The molecule has 2 N–H and O–H groups in total. The van der Waals surface area contributed by atoms with Crippen molar-refractivity contribution in [1.82, 2.24) is 10.2 Å². The summed E-state index contributed by atoms with van der Waals surface area (Å²) in [6.07, 6.45) is 2.50. The number of hydrogen-bond acceptors (Lipinski definition) is 4. The maximum absolute atomic E-state index is 12.1. The van der Waals surface area contributed by atoms with Crippen LogP contribution < -0.4 is 5.32 Å². The number of amides is 2. The fourth-order valence-electron chi connectivity index (χ4n) is 4.18. The lowest BCUT2D eigenvalue weighted by atomic mass is 9.96. The van der Waals surface area contributed by atoms with Crippen LogP contribution in [-0.2, 0) is 14.3 Å². The fourth-order valence-corrected chi connectivity index (χ4v) is 4.18. The second-order valence-corrected chi connectivity index (χ2v) is 7.82. The van der Waals surface area contributed by atoms with Crippen LogP contribution in [0.15, 0.2) is 60.7 Å². The van der Waals surface area contributed by atoms with Gasteiger partial charge in [-0.2, -0.15) is 0 Å². The molecule has 0 bridgehead atoms. The summed E-state index contributed by atoms with van der Waals surface area (Å²) < 4.78 is 5.44. The molecule has 0 spiro atoms. The van der Waals surface area contributed by atoms with Gasteiger partial charge in [0.05, 0.1) is 6.42 Å². The van der Waals surface area contributed by atoms with Crippen molar-refractivity contribution in [2.75, 3.05) is 26.2 Å². The van der Waals surface area contributed by atoms with E-state index < -0.39 is 12.1 Å². The zero-order chi connectivity index (χ0) is 21.8. The number of carbonyl (C=O) groups excluding carboxylic acids is 2. The standard InChI is InChI=1S/C24H24N2O5/c27-22(26-13-16(14-26)12-23(28)29)10-5-11-25-24(30)31-15-21-19-8-3-1-6-17(19)18-7-2-4-9-20(18)21/h1-10,16,21H,11-15H2,(H,25,30)(H,28,29)/b10-5+. The number of alkyl carbamates (subject to hydrolysis) is 1. The Morgan fingerprint density at radius 3 is 2.26 bits per heavy atom. The average molecular weight is 420 g/mol. The summed E-state index contributed by atoms with van der Waals surface area (Å²) in [5.41, 5.74) is 4.64. The van der Waals surface area contributed by atoms with Crippen molar-refractivity contribution in [3.05, 3.63) is 71.8 Å². The third kappa shape index (κ3) is 4.60. The van der Waals surface area contributed by atoms with Crippen molar-refractivity contribution in [1.29, 1.82) is 0 Å². The first-order valence-electron chi connectivity index (χ1n) is 10.3. The third-order valence-corrected chi connectivity index (χ3v) is 5.70. The molecule has 2 aromatic rings. The van der Waals surface area contributed by atoms with Gasteiger partial charge < -0.3 is 20.1 Å². The van der Waals surface area contributed by atoms with Gasteiger partial charge >= 0.3 is 12.1 Å². The van der Waals surface area contributed by atoms with Crippen LogP contribution in [0.1, 0.15) is 23.5 Å². The molecule has 160 valence electrons. The molecule has 7 nitrogen and oxygen atoms in total.